The summed E-state index contributed by atoms with van der Waals surface area (Å²) >= 11 is 4.80. The van der Waals surface area contributed by atoms with Crippen LogP contribution in [0.4, 0.5) is 0 Å². The molecule has 0 amide bonds. The zero-order valence-corrected chi connectivity index (χ0v) is 26.8. The van der Waals surface area contributed by atoms with E-state index in [9.17, 15) is 9.59 Å². The average Bonchev–Trinajstić information content (AvgIpc) is 3.29. The van der Waals surface area contributed by atoms with Gasteiger partial charge in [-0.15, -0.1) is 0 Å². The Morgan fingerprint density at radius 1 is 1.02 bits per heavy atom. The zero-order chi connectivity index (χ0) is 30.7. The third kappa shape index (κ3) is 6.60. The van der Waals surface area contributed by atoms with Crippen molar-refractivity contribution in [1.29, 1.82) is 0 Å². The summed E-state index contributed by atoms with van der Waals surface area (Å²) in [4.78, 5) is 32.5. The van der Waals surface area contributed by atoms with Crippen LogP contribution < -0.4 is 29.1 Å². The van der Waals surface area contributed by atoms with E-state index in [1.807, 2.05) is 66.7 Å². The molecule has 43 heavy (non-hydrogen) atoms. The smallest absolute Gasteiger partial charge is 0.338 e. The van der Waals surface area contributed by atoms with Gasteiger partial charge in [0, 0.05) is 10.0 Å². The molecule has 1 atom stereocenters. The van der Waals surface area contributed by atoms with Crippen LogP contribution in [0.1, 0.15) is 43.5 Å². The number of fused-ring (bicyclic) bond motifs is 1. The van der Waals surface area contributed by atoms with E-state index in [0.717, 1.165) is 21.3 Å². The van der Waals surface area contributed by atoms with Crippen LogP contribution in [0.25, 0.3) is 6.08 Å². The summed E-state index contributed by atoms with van der Waals surface area (Å²) in [5.74, 6) is 1.52. The molecule has 1 aromatic heterocycles. The predicted molar refractivity (Wildman–Crippen MR) is 169 cm³/mol. The van der Waals surface area contributed by atoms with Crippen LogP contribution in [-0.2, 0) is 16.1 Å². The first-order chi connectivity index (χ1) is 20.7. The van der Waals surface area contributed by atoms with Crippen LogP contribution in [0.15, 0.2) is 92.3 Å². The Morgan fingerprint density at radius 3 is 2.37 bits per heavy atom. The Balaban J connectivity index is 1.51. The summed E-state index contributed by atoms with van der Waals surface area (Å²) in [7, 11) is 3.19. The highest BCUT2D eigenvalue weighted by molar-refractivity contribution is 9.10. The molecule has 0 bridgehead atoms. The van der Waals surface area contributed by atoms with Crippen molar-refractivity contribution in [3.8, 4) is 17.2 Å². The number of carbonyl (C=O) groups excluding carboxylic acids is 1. The molecular formula is C33H31BrN2O6S. The van der Waals surface area contributed by atoms with Crippen LogP contribution in [0, 0.1) is 0 Å². The summed E-state index contributed by atoms with van der Waals surface area (Å²) in [5.41, 5.74) is 3.01. The molecule has 222 valence electrons. The number of aromatic nitrogens is 1. The van der Waals surface area contributed by atoms with Gasteiger partial charge in [0.15, 0.2) is 4.80 Å². The van der Waals surface area contributed by atoms with E-state index >= 15 is 0 Å². The van der Waals surface area contributed by atoms with E-state index in [0.29, 0.717) is 44.3 Å². The number of halogens is 1. The SMILES string of the molecule is COc1ccc(COc2ccc(/C=c3\sc4n(c3=O)[C@H](c3cc(Br)ccc3OC)C(C(=O)OC(C)C)=C(C)N=4)cc2)cc1. The molecular weight excluding hydrogens is 632 g/mol. The van der Waals surface area contributed by atoms with Crippen molar-refractivity contribution >= 4 is 39.3 Å². The molecule has 0 saturated carbocycles. The highest BCUT2D eigenvalue weighted by Gasteiger charge is 2.35. The third-order valence-electron chi connectivity index (χ3n) is 6.81. The topological polar surface area (TPSA) is 88.3 Å². The number of allylic oxidation sites excluding steroid dienone is 1. The lowest BCUT2D eigenvalue weighted by Crippen LogP contribution is -2.40. The maximum atomic E-state index is 14.0. The first-order valence-corrected chi connectivity index (χ1v) is 15.2. The van der Waals surface area contributed by atoms with E-state index in [-0.39, 0.29) is 11.7 Å². The number of ether oxygens (including phenoxy) is 4. The van der Waals surface area contributed by atoms with Gasteiger partial charge in [0.05, 0.1) is 36.1 Å². The van der Waals surface area contributed by atoms with Crippen molar-refractivity contribution in [1.82, 2.24) is 4.57 Å². The highest BCUT2D eigenvalue weighted by Crippen LogP contribution is 2.37. The first-order valence-electron chi connectivity index (χ1n) is 13.6. The van der Waals surface area contributed by atoms with E-state index in [4.69, 9.17) is 18.9 Å². The molecule has 1 aliphatic heterocycles. The molecule has 0 aliphatic carbocycles. The molecule has 4 aromatic rings. The lowest BCUT2D eigenvalue weighted by atomic mass is 9.95. The lowest BCUT2D eigenvalue weighted by molar-refractivity contribution is -0.143. The van der Waals surface area contributed by atoms with Crippen LogP contribution in [0.3, 0.4) is 0 Å². The van der Waals surface area contributed by atoms with Crippen LogP contribution in [0.2, 0.25) is 0 Å². The van der Waals surface area contributed by atoms with E-state index in [1.54, 1.807) is 45.6 Å². The molecule has 3 aromatic carbocycles. The van der Waals surface area contributed by atoms with Crippen LogP contribution in [0.5, 0.6) is 17.2 Å². The maximum Gasteiger partial charge on any atom is 0.338 e. The van der Waals surface area contributed by atoms with Gasteiger partial charge >= 0.3 is 5.97 Å². The molecule has 0 radical (unpaired) electrons. The molecule has 0 fully saturated rings. The summed E-state index contributed by atoms with van der Waals surface area (Å²) in [5, 5.41) is 0. The Bertz CT molecular complexity index is 1860. The fourth-order valence-electron chi connectivity index (χ4n) is 4.77. The van der Waals surface area contributed by atoms with Crippen molar-refractivity contribution in [2.75, 3.05) is 14.2 Å². The number of hydrogen-bond acceptors (Lipinski definition) is 8. The minimum Gasteiger partial charge on any atom is -0.497 e. The quantitative estimate of drug-likeness (QED) is 0.219. The predicted octanol–water partition coefficient (Wildman–Crippen LogP) is 5.55. The number of thiazole rings is 1. The highest BCUT2D eigenvalue weighted by atomic mass is 79.9. The van der Waals surface area contributed by atoms with Crippen molar-refractivity contribution in [3.63, 3.8) is 0 Å². The monoisotopic (exact) mass is 662 g/mol. The van der Waals surface area contributed by atoms with Crippen molar-refractivity contribution in [2.24, 2.45) is 4.99 Å². The number of carbonyl (C=O) groups is 1. The molecule has 0 unspecified atom stereocenters. The number of hydrogen-bond donors (Lipinski definition) is 0. The van der Waals surface area contributed by atoms with Gasteiger partial charge in [-0.25, -0.2) is 9.79 Å². The minimum absolute atomic E-state index is 0.266. The van der Waals surface area contributed by atoms with Gasteiger partial charge in [-0.3, -0.25) is 9.36 Å². The number of nitrogens with zero attached hydrogens (tertiary/aromatic N) is 2. The van der Waals surface area contributed by atoms with E-state index in [1.165, 1.54) is 11.3 Å². The van der Waals surface area contributed by atoms with Gasteiger partial charge in [0.25, 0.3) is 5.56 Å². The normalized spacial score (nSPS) is 14.8. The molecule has 0 saturated heterocycles. The van der Waals surface area contributed by atoms with Gasteiger partial charge in [0.1, 0.15) is 29.9 Å². The largest absolute Gasteiger partial charge is 0.497 e. The number of methoxy groups -OCH3 is 2. The van der Waals surface area contributed by atoms with Crippen molar-refractivity contribution in [3.05, 3.63) is 119 Å². The molecule has 10 heteroatoms. The summed E-state index contributed by atoms with van der Waals surface area (Å²) < 4.78 is 25.2. The molecule has 2 heterocycles. The number of rotatable bonds is 9. The van der Waals surface area contributed by atoms with Gasteiger partial charge in [-0.05, 0) is 80.4 Å². The van der Waals surface area contributed by atoms with Gasteiger partial charge in [0.2, 0.25) is 0 Å². The lowest BCUT2D eigenvalue weighted by Gasteiger charge is -2.26. The second kappa shape index (κ2) is 13.0. The Hall–Kier alpha value is -4.15. The number of benzene rings is 3. The van der Waals surface area contributed by atoms with E-state index < -0.39 is 12.0 Å². The first kappa shape index (κ1) is 30.3. The Morgan fingerprint density at radius 2 is 1.72 bits per heavy atom. The summed E-state index contributed by atoms with van der Waals surface area (Å²) in [6.07, 6.45) is 1.48. The van der Waals surface area contributed by atoms with Gasteiger partial charge in [-0.1, -0.05) is 51.5 Å². The fourth-order valence-corrected chi connectivity index (χ4v) is 6.20. The standard InChI is InChI=1S/C33H31BrN2O6S/c1-19(2)42-32(38)29-20(3)35-33-36(30(29)26-17-23(34)10-15-27(26)40-5)31(37)28(43-33)16-21-6-13-25(14-7-21)41-18-22-8-11-24(39-4)12-9-22/h6-17,19,30H,18H2,1-5H3/b28-16-/t30-/m1/s1. The molecule has 1 aliphatic rings. The van der Waals surface area contributed by atoms with E-state index in [2.05, 4.69) is 20.9 Å². The second-order valence-electron chi connectivity index (χ2n) is 10.1. The molecule has 8 nitrogen and oxygen atoms in total. The average molecular weight is 664 g/mol. The van der Waals surface area contributed by atoms with Crippen LogP contribution >= 0.6 is 27.3 Å². The molecule has 0 spiro atoms. The Kier molecular flexibility index (Phi) is 9.17. The minimum atomic E-state index is -0.786. The summed E-state index contributed by atoms with van der Waals surface area (Å²) in [6, 6.07) is 19.9. The maximum absolute atomic E-state index is 14.0. The molecule has 0 N–H and O–H groups in total. The fraction of sp³-hybridized carbons (Fsp3) is 0.242. The zero-order valence-electron chi connectivity index (χ0n) is 24.4. The number of esters is 1. The third-order valence-corrected chi connectivity index (χ3v) is 8.29. The second-order valence-corrected chi connectivity index (χ2v) is 12.1. The van der Waals surface area contributed by atoms with Crippen LogP contribution in [-0.4, -0.2) is 30.9 Å². The van der Waals surface area contributed by atoms with Crippen molar-refractivity contribution in [2.45, 2.75) is 39.5 Å². The molecule has 5 rings (SSSR count). The van der Waals surface area contributed by atoms with Crippen molar-refractivity contribution < 1.29 is 23.7 Å². The Labute approximate surface area is 261 Å². The van der Waals surface area contributed by atoms with Gasteiger partial charge < -0.3 is 18.9 Å². The van der Waals surface area contributed by atoms with Gasteiger partial charge in [-0.2, -0.15) is 0 Å². The summed E-state index contributed by atoms with van der Waals surface area (Å²) in [6.45, 7) is 5.75.